The van der Waals surface area contributed by atoms with Crippen LogP contribution in [0.15, 0.2) is 77.5 Å². The zero-order valence-corrected chi connectivity index (χ0v) is 21.6. The van der Waals surface area contributed by atoms with Gasteiger partial charge in [-0.2, -0.15) is 4.98 Å². The van der Waals surface area contributed by atoms with Gasteiger partial charge in [-0.3, -0.25) is 0 Å². The van der Waals surface area contributed by atoms with Crippen molar-refractivity contribution >= 4 is 23.4 Å². The maximum absolute atomic E-state index is 6.76. The van der Waals surface area contributed by atoms with Crippen LogP contribution in [0.5, 0.6) is 11.5 Å². The van der Waals surface area contributed by atoms with Crippen LogP contribution in [0.2, 0.25) is 0 Å². The van der Waals surface area contributed by atoms with E-state index in [-0.39, 0.29) is 12.1 Å². The molecule has 2 aliphatic heterocycles. The molecule has 182 valence electrons. The number of nitrogens with zero attached hydrogens (tertiary/aromatic N) is 3. The summed E-state index contributed by atoms with van der Waals surface area (Å²) in [5.41, 5.74) is 7.80. The van der Waals surface area contributed by atoms with Gasteiger partial charge in [-0.1, -0.05) is 65.4 Å². The van der Waals surface area contributed by atoms with Crippen molar-refractivity contribution in [2.75, 3.05) is 18.2 Å². The Morgan fingerprint density at radius 2 is 1.69 bits per heavy atom. The van der Waals surface area contributed by atoms with E-state index in [0.717, 1.165) is 50.6 Å². The highest BCUT2D eigenvalue weighted by Crippen LogP contribution is 2.51. The van der Waals surface area contributed by atoms with Crippen LogP contribution in [0.4, 0.5) is 5.95 Å². The molecule has 36 heavy (non-hydrogen) atoms. The summed E-state index contributed by atoms with van der Waals surface area (Å²) in [6, 6.07) is 23.0. The minimum Gasteiger partial charge on any atom is -0.494 e. The Labute approximate surface area is 215 Å². The molecule has 0 bridgehead atoms. The first kappa shape index (κ1) is 22.7. The van der Waals surface area contributed by atoms with E-state index >= 15 is 0 Å². The fourth-order valence-electron chi connectivity index (χ4n) is 4.96. The summed E-state index contributed by atoms with van der Waals surface area (Å²) in [6.45, 7) is 6.84. The van der Waals surface area contributed by atoms with E-state index in [1.165, 1.54) is 22.9 Å². The molecule has 6 rings (SSSR count). The number of aryl methyl sites for hydroxylation is 2. The summed E-state index contributed by atoms with van der Waals surface area (Å²) < 4.78 is 14.5. The van der Waals surface area contributed by atoms with Crippen LogP contribution in [0.1, 0.15) is 46.9 Å². The smallest absolute Gasteiger partial charge is 0.227 e. The first-order valence-electron chi connectivity index (χ1n) is 12.1. The Balaban J connectivity index is 1.59. The van der Waals surface area contributed by atoms with Gasteiger partial charge in [0.2, 0.25) is 11.1 Å². The maximum Gasteiger partial charge on any atom is 0.227 e. The number of anilines is 1. The molecule has 2 atom stereocenters. The minimum atomic E-state index is -0.306. The Kier molecular flexibility index (Phi) is 5.72. The third kappa shape index (κ3) is 3.84. The quantitative estimate of drug-likeness (QED) is 0.315. The van der Waals surface area contributed by atoms with E-state index < -0.39 is 0 Å². The fourth-order valence-corrected chi connectivity index (χ4v) is 5.31. The molecule has 2 unspecified atom stereocenters. The number of benzene rings is 3. The molecular weight excluding hydrogens is 468 g/mol. The van der Waals surface area contributed by atoms with Gasteiger partial charge in [0, 0.05) is 11.1 Å². The highest BCUT2D eigenvalue weighted by atomic mass is 32.2. The van der Waals surface area contributed by atoms with Crippen molar-refractivity contribution in [3.05, 3.63) is 100 Å². The number of hydrogen-bond acceptors (Lipinski definition) is 6. The molecule has 0 saturated heterocycles. The number of aromatic nitrogens is 3. The molecule has 0 aliphatic carbocycles. The van der Waals surface area contributed by atoms with Crippen LogP contribution in [0.3, 0.4) is 0 Å². The Hall–Kier alpha value is -3.71. The zero-order chi connectivity index (χ0) is 24.8. The summed E-state index contributed by atoms with van der Waals surface area (Å²) in [5, 5.41) is 9.24. The van der Waals surface area contributed by atoms with E-state index in [9.17, 15) is 0 Å². The average Bonchev–Trinajstić information content (AvgIpc) is 3.31. The lowest BCUT2D eigenvalue weighted by Crippen LogP contribution is -2.32. The second-order valence-electron chi connectivity index (χ2n) is 9.13. The van der Waals surface area contributed by atoms with Gasteiger partial charge in [0.1, 0.15) is 23.6 Å². The molecule has 6 nitrogen and oxygen atoms in total. The topological polar surface area (TPSA) is 61.2 Å². The number of hydrogen-bond donors (Lipinski definition) is 1. The molecule has 1 aromatic heterocycles. The normalized spacial score (nSPS) is 18.0. The molecule has 0 fully saturated rings. The van der Waals surface area contributed by atoms with Crippen molar-refractivity contribution < 1.29 is 9.47 Å². The largest absolute Gasteiger partial charge is 0.494 e. The summed E-state index contributed by atoms with van der Waals surface area (Å²) in [4.78, 5) is 4.79. The molecule has 4 aromatic rings. The average molecular weight is 497 g/mol. The lowest BCUT2D eigenvalue weighted by molar-refractivity contribution is 0.222. The van der Waals surface area contributed by atoms with Crippen molar-refractivity contribution in [3.63, 3.8) is 0 Å². The summed E-state index contributed by atoms with van der Waals surface area (Å²) in [6.07, 6.45) is 1.69. The van der Waals surface area contributed by atoms with E-state index in [1.54, 1.807) is 0 Å². The summed E-state index contributed by atoms with van der Waals surface area (Å²) in [5.74, 6) is 2.44. The third-order valence-corrected chi connectivity index (χ3v) is 7.22. The van der Waals surface area contributed by atoms with E-state index in [4.69, 9.17) is 19.6 Å². The van der Waals surface area contributed by atoms with Crippen molar-refractivity contribution in [1.82, 2.24) is 14.8 Å². The van der Waals surface area contributed by atoms with Gasteiger partial charge in [-0.15, -0.1) is 5.10 Å². The SMILES string of the molecule is CCOc1ccc(C2Oc3ccc(C)cc3C3=C2C(c2ccc(C)cc2)n2nc(SC)nc2N3)cc1. The van der Waals surface area contributed by atoms with E-state index in [2.05, 4.69) is 73.8 Å². The number of rotatable bonds is 5. The number of thioether (sulfide) groups is 1. The molecule has 0 spiro atoms. The van der Waals surface area contributed by atoms with Crippen molar-refractivity contribution in [2.45, 2.75) is 38.1 Å². The lowest BCUT2D eigenvalue weighted by Gasteiger charge is -2.39. The van der Waals surface area contributed by atoms with E-state index in [0.29, 0.717) is 6.61 Å². The second-order valence-corrected chi connectivity index (χ2v) is 9.91. The predicted octanol–water partition coefficient (Wildman–Crippen LogP) is 6.58. The summed E-state index contributed by atoms with van der Waals surface area (Å²) >= 11 is 1.54. The van der Waals surface area contributed by atoms with Crippen molar-refractivity contribution in [2.24, 2.45) is 0 Å². The molecule has 2 aliphatic rings. The molecule has 0 radical (unpaired) electrons. The monoisotopic (exact) mass is 496 g/mol. The van der Waals surface area contributed by atoms with Gasteiger partial charge in [0.25, 0.3) is 0 Å². The highest BCUT2D eigenvalue weighted by Gasteiger charge is 2.41. The van der Waals surface area contributed by atoms with Gasteiger partial charge < -0.3 is 14.8 Å². The first-order chi connectivity index (χ1) is 17.6. The molecular formula is C29H28N4O2S. The lowest BCUT2D eigenvalue weighted by atomic mass is 9.84. The second kappa shape index (κ2) is 9.06. The third-order valence-electron chi connectivity index (χ3n) is 6.68. The summed E-state index contributed by atoms with van der Waals surface area (Å²) in [7, 11) is 0. The van der Waals surface area contributed by atoms with Gasteiger partial charge in [0.05, 0.1) is 12.3 Å². The Morgan fingerprint density at radius 3 is 2.42 bits per heavy atom. The Bertz CT molecular complexity index is 1460. The fraction of sp³-hybridized carbons (Fsp3) is 0.241. The number of fused-ring (bicyclic) bond motifs is 3. The minimum absolute atomic E-state index is 0.171. The van der Waals surface area contributed by atoms with Gasteiger partial charge in [-0.25, -0.2) is 4.68 Å². The number of ether oxygens (including phenoxy) is 2. The molecule has 0 saturated carbocycles. The highest BCUT2D eigenvalue weighted by molar-refractivity contribution is 7.98. The zero-order valence-electron chi connectivity index (χ0n) is 20.8. The van der Waals surface area contributed by atoms with Crippen LogP contribution in [0, 0.1) is 13.8 Å². The predicted molar refractivity (Wildman–Crippen MR) is 144 cm³/mol. The van der Waals surface area contributed by atoms with Crippen molar-refractivity contribution in [1.29, 1.82) is 0 Å². The van der Waals surface area contributed by atoms with Gasteiger partial charge in [-0.05, 0) is 62.4 Å². The molecule has 1 N–H and O–H groups in total. The van der Waals surface area contributed by atoms with Gasteiger partial charge in [0.15, 0.2) is 0 Å². The van der Waals surface area contributed by atoms with Crippen LogP contribution >= 0.6 is 11.8 Å². The molecule has 3 aromatic carbocycles. The van der Waals surface area contributed by atoms with Crippen LogP contribution in [-0.2, 0) is 0 Å². The maximum atomic E-state index is 6.76. The van der Waals surface area contributed by atoms with Gasteiger partial charge >= 0.3 is 0 Å². The molecule has 7 heteroatoms. The van der Waals surface area contributed by atoms with Crippen LogP contribution in [-0.4, -0.2) is 27.6 Å². The molecule has 0 amide bonds. The molecule has 3 heterocycles. The van der Waals surface area contributed by atoms with Crippen LogP contribution in [0.25, 0.3) is 5.70 Å². The number of nitrogens with one attached hydrogen (secondary N) is 1. The first-order valence-corrected chi connectivity index (χ1v) is 13.4. The van der Waals surface area contributed by atoms with Crippen LogP contribution < -0.4 is 14.8 Å². The Morgan fingerprint density at radius 1 is 0.972 bits per heavy atom. The van der Waals surface area contributed by atoms with E-state index in [1.807, 2.05) is 30.0 Å². The standard InChI is InChI=1S/C29H28N4O2S/c1-5-34-21-13-11-20(12-14-21)27-24-25(22-16-18(3)8-15-23(22)35-27)30-28-31-29(36-4)32-33(28)26(24)19-9-6-17(2)7-10-19/h6-16,26-27H,5H2,1-4H3,(H,30,31,32). The van der Waals surface area contributed by atoms with Crippen molar-refractivity contribution in [3.8, 4) is 11.5 Å².